The molecule has 3 heterocycles. The Morgan fingerprint density at radius 2 is 1.75 bits per heavy atom. The van der Waals surface area contributed by atoms with Gasteiger partial charge in [0.05, 0.1) is 10.9 Å². The van der Waals surface area contributed by atoms with Crippen LogP contribution in [0.2, 0.25) is 0 Å². The van der Waals surface area contributed by atoms with E-state index in [1.54, 1.807) is 29.2 Å². The highest BCUT2D eigenvalue weighted by Gasteiger charge is 2.45. The van der Waals surface area contributed by atoms with Gasteiger partial charge in [-0.2, -0.15) is 0 Å². The third-order valence-corrected chi connectivity index (χ3v) is 8.09. The quantitative estimate of drug-likeness (QED) is 0.776. The minimum atomic E-state index is -3.70. The van der Waals surface area contributed by atoms with E-state index in [4.69, 9.17) is 9.47 Å². The van der Waals surface area contributed by atoms with E-state index in [-0.39, 0.29) is 23.6 Å². The van der Waals surface area contributed by atoms with Crippen LogP contribution in [0.4, 0.5) is 0 Å². The highest BCUT2D eigenvalue weighted by atomic mass is 32.2. The van der Waals surface area contributed by atoms with E-state index in [0.717, 1.165) is 22.4 Å². The first-order valence-corrected chi connectivity index (χ1v) is 11.0. The van der Waals surface area contributed by atoms with Gasteiger partial charge in [0, 0.05) is 6.54 Å². The third-order valence-electron chi connectivity index (χ3n) is 5.98. The zero-order chi connectivity index (χ0) is 19.5. The average molecular weight is 399 g/mol. The Hall–Kier alpha value is -2.54. The Morgan fingerprint density at radius 1 is 1.04 bits per heavy atom. The van der Waals surface area contributed by atoms with Crippen molar-refractivity contribution < 1.29 is 22.7 Å². The highest BCUT2D eigenvalue weighted by molar-refractivity contribution is 7.92. The lowest BCUT2D eigenvalue weighted by Gasteiger charge is -2.43. The molecule has 0 N–H and O–H groups in total. The first-order chi connectivity index (χ1) is 13.4. The molecule has 0 aliphatic carbocycles. The topological polar surface area (TPSA) is 72.9 Å². The predicted molar refractivity (Wildman–Crippen MR) is 102 cm³/mol. The van der Waals surface area contributed by atoms with E-state index in [0.29, 0.717) is 31.6 Å². The molecule has 2 atom stereocenters. The van der Waals surface area contributed by atoms with Crippen LogP contribution in [0.1, 0.15) is 35.6 Å². The lowest BCUT2D eigenvalue weighted by molar-refractivity contribution is -0.136. The molecule has 0 radical (unpaired) electrons. The highest BCUT2D eigenvalue weighted by Crippen LogP contribution is 2.44. The van der Waals surface area contributed by atoms with Crippen LogP contribution >= 0.6 is 0 Å². The van der Waals surface area contributed by atoms with E-state index < -0.39 is 15.1 Å². The lowest BCUT2D eigenvalue weighted by Crippen LogP contribution is -2.51. The largest absolute Gasteiger partial charge is 0.454 e. The number of aryl methyl sites for hydroxylation is 1. The molecule has 0 saturated carbocycles. The molecule has 2 aromatic carbocycles. The number of nitrogens with zero attached hydrogens (tertiary/aromatic N) is 1. The molecule has 1 saturated heterocycles. The molecule has 2 aromatic rings. The molecular weight excluding hydrogens is 378 g/mol. The third kappa shape index (κ3) is 2.60. The molecule has 7 heteroatoms. The summed E-state index contributed by atoms with van der Waals surface area (Å²) in [5.74, 6) is 1.15. The van der Waals surface area contributed by atoms with Gasteiger partial charge in [-0.3, -0.25) is 4.79 Å². The minimum absolute atomic E-state index is 0.102. The number of benzene rings is 2. The molecule has 6 nitrogen and oxygen atoms in total. The summed E-state index contributed by atoms with van der Waals surface area (Å²) in [5.41, 5.74) is 3.19. The molecule has 1 fully saturated rings. The van der Waals surface area contributed by atoms with Gasteiger partial charge in [0.2, 0.25) is 12.7 Å². The summed E-state index contributed by atoms with van der Waals surface area (Å²) in [6.45, 7) is 2.64. The zero-order valence-electron chi connectivity index (χ0n) is 15.6. The lowest BCUT2D eigenvalue weighted by atomic mass is 9.86. The van der Waals surface area contributed by atoms with E-state index in [9.17, 15) is 13.2 Å². The Morgan fingerprint density at radius 3 is 2.50 bits per heavy atom. The molecule has 0 spiro atoms. The maximum absolute atomic E-state index is 13.2. The van der Waals surface area contributed by atoms with Crippen molar-refractivity contribution in [3.8, 4) is 11.5 Å². The predicted octanol–water partition coefficient (Wildman–Crippen LogP) is 2.79. The van der Waals surface area contributed by atoms with E-state index in [2.05, 4.69) is 0 Å². The number of piperidine rings is 1. The fraction of sp³-hybridized carbons (Fsp3) is 0.381. The Balaban J connectivity index is 1.46. The molecule has 0 aromatic heterocycles. The molecule has 3 aliphatic heterocycles. The van der Waals surface area contributed by atoms with Gasteiger partial charge >= 0.3 is 0 Å². The van der Waals surface area contributed by atoms with Crippen LogP contribution in [0, 0.1) is 6.92 Å². The van der Waals surface area contributed by atoms with Gasteiger partial charge in [-0.1, -0.05) is 17.7 Å². The fourth-order valence-electron chi connectivity index (χ4n) is 4.46. The standard InChI is InChI=1S/C21H21NO5S/c1-13-2-4-15(5-3-13)28(24,25)20-7-6-17-16-11-19-18(26-12-27-19)10-14(16)8-9-22(17)21(20)23/h2-5,10-11,17,20H,6-9,12H2,1H3. The molecule has 2 unspecified atom stereocenters. The average Bonchev–Trinajstić information content (AvgIpc) is 3.14. The molecule has 0 bridgehead atoms. The van der Waals surface area contributed by atoms with Crippen molar-refractivity contribution in [2.45, 2.75) is 42.4 Å². The Labute approximate surface area is 164 Å². The smallest absolute Gasteiger partial charge is 0.241 e. The van der Waals surface area contributed by atoms with Gasteiger partial charge in [-0.25, -0.2) is 8.42 Å². The van der Waals surface area contributed by atoms with Crippen molar-refractivity contribution in [3.05, 3.63) is 53.1 Å². The maximum Gasteiger partial charge on any atom is 0.241 e. The van der Waals surface area contributed by atoms with Gasteiger partial charge < -0.3 is 14.4 Å². The van der Waals surface area contributed by atoms with Crippen LogP contribution in [0.5, 0.6) is 11.5 Å². The van der Waals surface area contributed by atoms with E-state index in [1.807, 2.05) is 19.1 Å². The summed E-state index contributed by atoms with van der Waals surface area (Å²) in [6.07, 6.45) is 1.63. The van der Waals surface area contributed by atoms with Crippen molar-refractivity contribution in [1.29, 1.82) is 0 Å². The number of amides is 1. The van der Waals surface area contributed by atoms with Crippen molar-refractivity contribution in [3.63, 3.8) is 0 Å². The second kappa shape index (κ2) is 6.24. The number of fused-ring (bicyclic) bond motifs is 4. The van der Waals surface area contributed by atoms with Crippen LogP contribution in [0.15, 0.2) is 41.3 Å². The number of carbonyl (C=O) groups is 1. The van der Waals surface area contributed by atoms with Crippen molar-refractivity contribution in [2.75, 3.05) is 13.3 Å². The number of carbonyl (C=O) groups excluding carboxylic acids is 1. The van der Waals surface area contributed by atoms with Crippen LogP contribution in [0.3, 0.4) is 0 Å². The maximum atomic E-state index is 13.2. The van der Waals surface area contributed by atoms with Crippen molar-refractivity contribution >= 4 is 15.7 Å². The normalized spacial score (nSPS) is 23.3. The monoisotopic (exact) mass is 399 g/mol. The first-order valence-electron chi connectivity index (χ1n) is 9.48. The van der Waals surface area contributed by atoms with Gasteiger partial charge in [0.15, 0.2) is 21.3 Å². The molecule has 28 heavy (non-hydrogen) atoms. The number of sulfone groups is 1. The summed E-state index contributed by atoms with van der Waals surface area (Å²) >= 11 is 0. The molecule has 1 amide bonds. The number of hydrogen-bond donors (Lipinski definition) is 0. The molecule has 146 valence electrons. The van der Waals surface area contributed by atoms with Crippen LogP contribution in [-0.2, 0) is 21.1 Å². The second-order valence-corrected chi connectivity index (χ2v) is 9.76. The number of ether oxygens (including phenoxy) is 2. The van der Waals surface area contributed by atoms with Crippen molar-refractivity contribution in [1.82, 2.24) is 4.90 Å². The zero-order valence-corrected chi connectivity index (χ0v) is 16.4. The van der Waals surface area contributed by atoms with Crippen molar-refractivity contribution in [2.24, 2.45) is 0 Å². The SMILES string of the molecule is Cc1ccc(S(=O)(=O)C2CCC3c4cc5c(cc4CCN3C2=O)OCO5)cc1. The summed E-state index contributed by atoms with van der Waals surface area (Å²) in [7, 11) is -3.70. The second-order valence-electron chi connectivity index (χ2n) is 7.63. The minimum Gasteiger partial charge on any atom is -0.454 e. The Bertz CT molecular complexity index is 1060. The first kappa shape index (κ1) is 17.6. The van der Waals surface area contributed by atoms with Crippen LogP contribution < -0.4 is 9.47 Å². The van der Waals surface area contributed by atoms with Gasteiger partial charge in [0.1, 0.15) is 5.25 Å². The Kier molecular flexibility index (Phi) is 3.91. The molecule has 5 rings (SSSR count). The van der Waals surface area contributed by atoms with Gasteiger partial charge in [-0.15, -0.1) is 0 Å². The number of rotatable bonds is 2. The molecular formula is C21H21NO5S. The summed E-state index contributed by atoms with van der Waals surface area (Å²) < 4.78 is 37.1. The van der Waals surface area contributed by atoms with Crippen LogP contribution in [-0.4, -0.2) is 37.8 Å². The summed E-state index contributed by atoms with van der Waals surface area (Å²) in [4.78, 5) is 15.1. The van der Waals surface area contributed by atoms with E-state index >= 15 is 0 Å². The summed E-state index contributed by atoms with van der Waals surface area (Å²) in [6, 6.07) is 10.6. The van der Waals surface area contributed by atoms with Gasteiger partial charge in [0.25, 0.3) is 0 Å². The van der Waals surface area contributed by atoms with Crippen LogP contribution in [0.25, 0.3) is 0 Å². The summed E-state index contributed by atoms with van der Waals surface area (Å²) in [5, 5.41) is -1.01. The van der Waals surface area contributed by atoms with E-state index in [1.165, 1.54) is 0 Å². The van der Waals surface area contributed by atoms with Gasteiger partial charge in [-0.05, 0) is 61.6 Å². The fourth-order valence-corrected chi connectivity index (χ4v) is 6.16. The number of hydrogen-bond acceptors (Lipinski definition) is 5. The molecule has 3 aliphatic rings.